The minimum atomic E-state index is -0.827. The maximum Gasteiger partial charge on any atom is 0.353 e. The summed E-state index contributed by atoms with van der Waals surface area (Å²) in [4.78, 5) is 32.5. The first-order valence-corrected chi connectivity index (χ1v) is 10.3. The predicted molar refractivity (Wildman–Crippen MR) is 114 cm³/mol. The number of nitrogens with zero attached hydrogens (tertiary/aromatic N) is 4. The van der Waals surface area contributed by atoms with Gasteiger partial charge in [-0.15, -0.1) is 0 Å². The van der Waals surface area contributed by atoms with Gasteiger partial charge >= 0.3 is 11.7 Å². The molecule has 2 N–H and O–H groups in total. The average molecular weight is 413 g/mol. The zero-order valence-electron chi connectivity index (χ0n) is 17.1. The molecule has 1 aromatic carbocycles. The van der Waals surface area contributed by atoms with Crippen LogP contribution in [0.1, 0.15) is 44.6 Å². The van der Waals surface area contributed by atoms with Gasteiger partial charge < -0.3 is 15.3 Å². The van der Waals surface area contributed by atoms with Gasteiger partial charge in [0.15, 0.2) is 0 Å². The van der Waals surface area contributed by atoms with Gasteiger partial charge in [-0.1, -0.05) is 31.9 Å². The molecule has 9 heteroatoms. The zero-order chi connectivity index (χ0) is 21.5. The van der Waals surface area contributed by atoms with Crippen LogP contribution < -0.4 is 10.2 Å². The van der Waals surface area contributed by atoms with E-state index in [2.05, 4.69) is 22.2 Å². The van der Waals surface area contributed by atoms with Gasteiger partial charge in [0, 0.05) is 18.8 Å². The van der Waals surface area contributed by atoms with Crippen molar-refractivity contribution < 1.29 is 14.8 Å². The number of nitro groups is 1. The van der Waals surface area contributed by atoms with Gasteiger partial charge in [-0.25, -0.2) is 9.97 Å². The molecular weight excluding hydrogens is 386 g/mol. The van der Waals surface area contributed by atoms with Crippen LogP contribution in [-0.2, 0) is 11.2 Å². The molecule has 0 atom stereocenters. The number of piperidine rings is 1. The van der Waals surface area contributed by atoms with Crippen LogP contribution in [-0.4, -0.2) is 39.1 Å². The maximum atomic E-state index is 11.8. The van der Waals surface area contributed by atoms with Gasteiger partial charge in [0.2, 0.25) is 11.6 Å². The van der Waals surface area contributed by atoms with Crippen LogP contribution in [0.15, 0.2) is 30.6 Å². The van der Waals surface area contributed by atoms with Gasteiger partial charge in [-0.05, 0) is 43.4 Å². The summed E-state index contributed by atoms with van der Waals surface area (Å²) in [5, 5.41) is 24.0. The normalized spacial score (nSPS) is 14.5. The average Bonchev–Trinajstić information content (AvgIpc) is 2.75. The number of hydrogen-bond acceptors (Lipinski definition) is 7. The first-order chi connectivity index (χ1) is 14.5. The second kappa shape index (κ2) is 10.00. The van der Waals surface area contributed by atoms with E-state index in [9.17, 15) is 14.9 Å². The number of nitrogens with one attached hydrogen (secondary N) is 1. The van der Waals surface area contributed by atoms with E-state index in [0.29, 0.717) is 31.6 Å². The fourth-order valence-corrected chi connectivity index (χ4v) is 3.67. The van der Waals surface area contributed by atoms with Crippen LogP contribution in [0.5, 0.6) is 0 Å². The molecule has 3 rings (SSSR count). The van der Waals surface area contributed by atoms with Crippen LogP contribution in [0.4, 0.5) is 23.0 Å². The molecular formula is C21H27N5O4. The number of aromatic nitrogens is 2. The summed E-state index contributed by atoms with van der Waals surface area (Å²) in [6.45, 7) is 2.98. The zero-order valence-corrected chi connectivity index (χ0v) is 17.1. The number of carbonyl (C=O) groups is 1. The van der Waals surface area contributed by atoms with Crippen LogP contribution >= 0.6 is 0 Å². The van der Waals surface area contributed by atoms with E-state index < -0.39 is 16.8 Å². The van der Waals surface area contributed by atoms with E-state index in [1.165, 1.54) is 24.7 Å². The molecule has 0 aliphatic carbocycles. The van der Waals surface area contributed by atoms with Crippen molar-refractivity contribution in [2.75, 3.05) is 23.3 Å². The monoisotopic (exact) mass is 413 g/mol. The Labute approximate surface area is 175 Å². The number of aliphatic carboxylic acids is 1. The van der Waals surface area contributed by atoms with Gasteiger partial charge in [0.25, 0.3) is 0 Å². The smallest absolute Gasteiger partial charge is 0.353 e. The Balaban J connectivity index is 1.76. The molecule has 1 saturated heterocycles. The number of anilines is 3. The molecule has 2 heterocycles. The lowest BCUT2D eigenvalue weighted by Crippen LogP contribution is -2.37. The Morgan fingerprint density at radius 3 is 2.53 bits per heavy atom. The Bertz CT molecular complexity index is 879. The summed E-state index contributed by atoms with van der Waals surface area (Å²) in [5.41, 5.74) is 1.75. The third-order valence-corrected chi connectivity index (χ3v) is 5.41. The molecule has 2 aromatic rings. The fraction of sp³-hybridized carbons (Fsp3) is 0.476. The third-order valence-electron chi connectivity index (χ3n) is 5.41. The molecule has 1 aliphatic heterocycles. The number of aryl methyl sites for hydroxylation is 1. The second-order valence-corrected chi connectivity index (χ2v) is 7.53. The van der Waals surface area contributed by atoms with E-state index in [1.54, 1.807) is 4.90 Å². The van der Waals surface area contributed by atoms with Gasteiger partial charge in [-0.3, -0.25) is 14.9 Å². The van der Waals surface area contributed by atoms with Crippen molar-refractivity contribution in [2.24, 2.45) is 5.92 Å². The third kappa shape index (κ3) is 5.22. The Kier molecular flexibility index (Phi) is 7.16. The van der Waals surface area contributed by atoms with Crippen LogP contribution in [0.2, 0.25) is 0 Å². The second-order valence-electron chi connectivity index (χ2n) is 7.53. The molecule has 0 radical (unpaired) electrons. The van der Waals surface area contributed by atoms with Crippen LogP contribution in [0.25, 0.3) is 0 Å². The molecule has 0 bridgehead atoms. The van der Waals surface area contributed by atoms with Crippen molar-refractivity contribution in [2.45, 2.75) is 45.4 Å². The van der Waals surface area contributed by atoms with E-state index >= 15 is 0 Å². The SMILES string of the molecule is CCCCCc1ccc(Nc2ncnc(N3CCC(C(=O)O)CC3)c2[N+](=O)[O-])cc1. The summed E-state index contributed by atoms with van der Waals surface area (Å²) in [6, 6.07) is 7.82. The molecule has 0 unspecified atom stereocenters. The first kappa shape index (κ1) is 21.5. The highest BCUT2D eigenvalue weighted by atomic mass is 16.6. The van der Waals surface area contributed by atoms with E-state index in [-0.39, 0.29) is 17.3 Å². The van der Waals surface area contributed by atoms with Crippen molar-refractivity contribution in [3.63, 3.8) is 0 Å². The molecule has 1 aromatic heterocycles. The Morgan fingerprint density at radius 1 is 1.23 bits per heavy atom. The lowest BCUT2D eigenvalue weighted by Gasteiger charge is -2.30. The summed E-state index contributed by atoms with van der Waals surface area (Å²) >= 11 is 0. The molecule has 30 heavy (non-hydrogen) atoms. The maximum absolute atomic E-state index is 11.8. The van der Waals surface area contributed by atoms with E-state index in [0.717, 1.165) is 12.8 Å². The molecule has 0 amide bonds. The van der Waals surface area contributed by atoms with E-state index in [4.69, 9.17) is 5.11 Å². The number of rotatable bonds is 9. The Hall–Kier alpha value is -3.23. The minimum absolute atomic E-state index is 0.129. The molecule has 9 nitrogen and oxygen atoms in total. The van der Waals surface area contributed by atoms with Gasteiger partial charge in [-0.2, -0.15) is 0 Å². The quantitative estimate of drug-likeness (QED) is 0.357. The summed E-state index contributed by atoms with van der Waals surface area (Å²) in [5.74, 6) is -0.899. The molecule has 0 spiro atoms. The summed E-state index contributed by atoms with van der Waals surface area (Å²) in [7, 11) is 0. The lowest BCUT2D eigenvalue weighted by atomic mass is 9.97. The number of carboxylic acids is 1. The minimum Gasteiger partial charge on any atom is -0.481 e. The van der Waals surface area contributed by atoms with Crippen molar-refractivity contribution in [3.05, 3.63) is 46.3 Å². The molecule has 160 valence electrons. The first-order valence-electron chi connectivity index (χ1n) is 10.3. The van der Waals surface area contributed by atoms with E-state index in [1.807, 2.05) is 24.3 Å². The molecule has 0 saturated carbocycles. The van der Waals surface area contributed by atoms with Crippen LogP contribution in [0.3, 0.4) is 0 Å². The van der Waals surface area contributed by atoms with Crippen molar-refractivity contribution in [3.8, 4) is 0 Å². The lowest BCUT2D eigenvalue weighted by molar-refractivity contribution is -0.383. The summed E-state index contributed by atoms with van der Waals surface area (Å²) in [6.07, 6.45) is 6.68. The largest absolute Gasteiger partial charge is 0.481 e. The van der Waals surface area contributed by atoms with Crippen molar-refractivity contribution in [1.82, 2.24) is 9.97 Å². The number of hydrogen-bond donors (Lipinski definition) is 2. The van der Waals surface area contributed by atoms with Crippen molar-refractivity contribution in [1.29, 1.82) is 0 Å². The summed E-state index contributed by atoms with van der Waals surface area (Å²) < 4.78 is 0. The number of unbranched alkanes of at least 4 members (excludes halogenated alkanes) is 2. The Morgan fingerprint density at radius 2 is 1.93 bits per heavy atom. The van der Waals surface area contributed by atoms with Crippen LogP contribution in [0, 0.1) is 16.0 Å². The highest BCUT2D eigenvalue weighted by Gasteiger charge is 2.31. The predicted octanol–water partition coefficient (Wildman–Crippen LogP) is 4.16. The number of benzene rings is 1. The fourth-order valence-electron chi connectivity index (χ4n) is 3.67. The highest BCUT2D eigenvalue weighted by Crippen LogP contribution is 2.35. The highest BCUT2D eigenvalue weighted by molar-refractivity contribution is 5.75. The standard InChI is InChI=1S/C21H27N5O4/c1-2-3-4-5-15-6-8-17(9-7-15)24-19-18(26(29)30)20(23-14-22-19)25-12-10-16(11-13-25)21(27)28/h6-9,14,16H,2-5,10-13H2,1H3,(H,27,28)(H,22,23,24). The van der Waals surface area contributed by atoms with Crippen molar-refractivity contribution >= 4 is 29.0 Å². The van der Waals surface area contributed by atoms with Gasteiger partial charge in [0.1, 0.15) is 6.33 Å². The molecule has 1 fully saturated rings. The number of carboxylic acid groups (broad SMARTS) is 1. The van der Waals surface area contributed by atoms with Gasteiger partial charge in [0.05, 0.1) is 10.8 Å². The molecule has 1 aliphatic rings. The topological polar surface area (TPSA) is 121 Å².